The maximum Gasteiger partial charge on any atom is 0.472 e. The minimum Gasteiger partial charge on any atom is -0.453 e. The van der Waals surface area contributed by atoms with E-state index in [1.165, 1.54) is 0 Å². The third-order valence-corrected chi connectivity index (χ3v) is 3.42. The van der Waals surface area contributed by atoms with Crippen molar-refractivity contribution in [2.24, 2.45) is 0 Å². The van der Waals surface area contributed by atoms with Crippen molar-refractivity contribution in [1.82, 2.24) is 21.3 Å². The Morgan fingerprint density at radius 3 is 2.25 bits per heavy atom. The number of nitrogens with one attached hydrogen (secondary N) is 4. The second kappa shape index (κ2) is 12.3. The lowest BCUT2D eigenvalue weighted by atomic mass is 9.92. The van der Waals surface area contributed by atoms with Crippen LogP contribution < -0.4 is 21.3 Å². The molecule has 0 bridgehead atoms. The molecule has 0 aliphatic carbocycles. The summed E-state index contributed by atoms with van der Waals surface area (Å²) in [6.07, 6.45) is -1.01. The van der Waals surface area contributed by atoms with E-state index in [1.54, 1.807) is 30.3 Å². The van der Waals surface area contributed by atoms with E-state index in [0.29, 0.717) is 0 Å². The Labute approximate surface area is 162 Å². The van der Waals surface area contributed by atoms with Crippen LogP contribution in [0.4, 0.5) is 4.79 Å². The molecule has 12 heteroatoms. The van der Waals surface area contributed by atoms with Crippen LogP contribution >= 0.6 is 0 Å². The first kappa shape index (κ1) is 22.9. The minimum atomic E-state index is -1.70. The first-order valence-electron chi connectivity index (χ1n) is 8.37. The van der Waals surface area contributed by atoms with E-state index in [1.807, 2.05) is 0 Å². The van der Waals surface area contributed by atoms with E-state index >= 15 is 0 Å². The van der Waals surface area contributed by atoms with E-state index < -0.39 is 43.5 Å². The molecule has 0 saturated heterocycles. The number of methoxy groups -OCH3 is 1. The van der Waals surface area contributed by atoms with Gasteiger partial charge in [0.25, 0.3) is 0 Å². The van der Waals surface area contributed by atoms with Gasteiger partial charge in [0.15, 0.2) is 0 Å². The number of carbonyl (C=O) groups is 4. The smallest absolute Gasteiger partial charge is 0.453 e. The van der Waals surface area contributed by atoms with Crippen molar-refractivity contribution in [3.05, 3.63) is 35.9 Å². The lowest BCUT2D eigenvalue weighted by Gasteiger charge is -2.19. The molecule has 1 atom stereocenters. The van der Waals surface area contributed by atoms with Crippen LogP contribution in [0.2, 0.25) is 0 Å². The molecule has 0 saturated carbocycles. The van der Waals surface area contributed by atoms with Crippen molar-refractivity contribution in [1.29, 1.82) is 0 Å². The predicted molar refractivity (Wildman–Crippen MR) is 98.7 cm³/mol. The lowest BCUT2D eigenvalue weighted by Crippen LogP contribution is -2.52. The molecule has 0 aliphatic heterocycles. The molecular formula is C16H23BN4O7. The molecular weight excluding hydrogens is 371 g/mol. The molecule has 1 aromatic carbocycles. The van der Waals surface area contributed by atoms with E-state index in [9.17, 15) is 19.2 Å². The zero-order valence-corrected chi connectivity index (χ0v) is 15.3. The summed E-state index contributed by atoms with van der Waals surface area (Å²) in [6.45, 7) is -0.798. The molecule has 0 radical (unpaired) electrons. The highest BCUT2D eigenvalue weighted by molar-refractivity contribution is 6.41. The largest absolute Gasteiger partial charge is 0.472 e. The second-order valence-electron chi connectivity index (χ2n) is 5.66. The number of hydrogen-bond donors (Lipinski definition) is 6. The van der Waals surface area contributed by atoms with Gasteiger partial charge in [-0.15, -0.1) is 0 Å². The Bertz CT molecular complexity index is 672. The summed E-state index contributed by atoms with van der Waals surface area (Å²) >= 11 is 0. The van der Waals surface area contributed by atoms with Crippen LogP contribution in [0, 0.1) is 0 Å². The van der Waals surface area contributed by atoms with E-state index in [4.69, 9.17) is 10.0 Å². The lowest BCUT2D eigenvalue weighted by molar-refractivity contribution is -0.130. The topological polar surface area (TPSA) is 166 Å². The van der Waals surface area contributed by atoms with Crippen LogP contribution in [0.5, 0.6) is 0 Å². The van der Waals surface area contributed by atoms with E-state index in [2.05, 4.69) is 26.0 Å². The van der Waals surface area contributed by atoms with Gasteiger partial charge in [-0.1, -0.05) is 30.3 Å². The van der Waals surface area contributed by atoms with Gasteiger partial charge in [0.1, 0.15) is 12.6 Å². The minimum absolute atomic E-state index is 0.160. The SMILES string of the molecule is COC(=O)NCC(=O)NC(Cc1ccccc1)C(=O)NCC(=O)NCB(O)O. The molecule has 11 nitrogen and oxygen atoms in total. The molecule has 6 N–H and O–H groups in total. The highest BCUT2D eigenvalue weighted by atomic mass is 16.5. The summed E-state index contributed by atoms with van der Waals surface area (Å²) < 4.78 is 4.36. The normalized spacial score (nSPS) is 11.0. The molecule has 1 aromatic rings. The molecule has 4 amide bonds. The number of rotatable bonds is 10. The van der Waals surface area contributed by atoms with Gasteiger partial charge >= 0.3 is 13.2 Å². The summed E-state index contributed by atoms with van der Waals surface area (Å²) in [5, 5.41) is 26.7. The highest BCUT2D eigenvalue weighted by Crippen LogP contribution is 2.03. The summed E-state index contributed by atoms with van der Waals surface area (Å²) in [4.78, 5) is 47.0. The fraction of sp³-hybridized carbons (Fsp3) is 0.375. The van der Waals surface area contributed by atoms with E-state index in [-0.39, 0.29) is 19.4 Å². The van der Waals surface area contributed by atoms with Gasteiger partial charge in [0, 0.05) is 6.42 Å². The number of carbonyl (C=O) groups excluding carboxylic acids is 4. The third-order valence-electron chi connectivity index (χ3n) is 3.42. The van der Waals surface area contributed by atoms with Crippen molar-refractivity contribution in [2.45, 2.75) is 12.5 Å². The third kappa shape index (κ3) is 9.55. The van der Waals surface area contributed by atoms with E-state index in [0.717, 1.165) is 12.7 Å². The van der Waals surface area contributed by atoms with Gasteiger partial charge in [0.05, 0.1) is 20.1 Å². The Hall–Kier alpha value is -3.12. The zero-order chi connectivity index (χ0) is 20.9. The van der Waals surface area contributed by atoms with Crippen molar-refractivity contribution in [2.75, 3.05) is 26.6 Å². The number of benzene rings is 1. The van der Waals surface area contributed by atoms with Gasteiger partial charge in [-0.2, -0.15) is 0 Å². The number of amides is 4. The number of alkyl carbamates (subject to hydrolysis) is 1. The van der Waals surface area contributed by atoms with Crippen LogP contribution in [-0.4, -0.2) is 73.7 Å². The fourth-order valence-corrected chi connectivity index (χ4v) is 2.09. The van der Waals surface area contributed by atoms with Crippen molar-refractivity contribution in [3.8, 4) is 0 Å². The van der Waals surface area contributed by atoms with Crippen molar-refractivity contribution < 1.29 is 34.0 Å². The fourth-order valence-electron chi connectivity index (χ4n) is 2.09. The van der Waals surface area contributed by atoms with Crippen LogP contribution in [0.3, 0.4) is 0 Å². The van der Waals surface area contributed by atoms with Gasteiger partial charge in [-0.05, 0) is 5.56 Å². The Morgan fingerprint density at radius 2 is 1.64 bits per heavy atom. The number of ether oxygens (including phenoxy) is 1. The summed E-state index contributed by atoms with van der Waals surface area (Å²) in [7, 11) is -0.549. The van der Waals surface area contributed by atoms with Crippen LogP contribution in [0.25, 0.3) is 0 Å². The quantitative estimate of drug-likeness (QED) is 0.235. The summed E-state index contributed by atoms with van der Waals surface area (Å²) in [5.74, 6) is -1.86. The van der Waals surface area contributed by atoms with Gasteiger partial charge in [-0.3, -0.25) is 14.4 Å². The molecule has 0 heterocycles. The van der Waals surface area contributed by atoms with Crippen molar-refractivity contribution in [3.63, 3.8) is 0 Å². The maximum absolute atomic E-state index is 12.4. The highest BCUT2D eigenvalue weighted by Gasteiger charge is 2.22. The first-order valence-corrected chi connectivity index (χ1v) is 8.37. The molecule has 0 spiro atoms. The van der Waals surface area contributed by atoms with Gasteiger partial charge < -0.3 is 36.1 Å². The second-order valence-corrected chi connectivity index (χ2v) is 5.66. The average Bonchev–Trinajstić information content (AvgIpc) is 2.68. The summed E-state index contributed by atoms with van der Waals surface area (Å²) in [5.41, 5.74) is 0.775. The van der Waals surface area contributed by atoms with Crippen LogP contribution in [-0.2, 0) is 25.5 Å². The predicted octanol–water partition coefficient (Wildman–Crippen LogP) is -2.69. The molecule has 0 aliphatic rings. The Kier molecular flexibility index (Phi) is 10.1. The van der Waals surface area contributed by atoms with Crippen LogP contribution in [0.15, 0.2) is 30.3 Å². The monoisotopic (exact) mass is 394 g/mol. The molecule has 28 heavy (non-hydrogen) atoms. The van der Waals surface area contributed by atoms with Crippen molar-refractivity contribution >= 4 is 30.9 Å². The molecule has 1 unspecified atom stereocenters. The molecule has 152 valence electrons. The Morgan fingerprint density at radius 1 is 1.00 bits per heavy atom. The summed E-state index contributed by atoms with van der Waals surface area (Å²) in [6, 6.07) is 7.91. The molecule has 0 fully saturated rings. The van der Waals surface area contributed by atoms with Gasteiger partial charge in [0.2, 0.25) is 17.7 Å². The maximum atomic E-state index is 12.4. The number of hydrogen-bond acceptors (Lipinski definition) is 7. The van der Waals surface area contributed by atoms with Gasteiger partial charge in [-0.25, -0.2) is 4.79 Å². The Balaban J connectivity index is 2.65. The molecule has 0 aromatic heterocycles. The standard InChI is InChI=1S/C16H23BN4O7/c1-28-16(25)19-9-14(23)21-12(7-11-5-3-2-4-6-11)15(24)18-8-13(22)20-10-17(26)27/h2-6,12,26-27H,7-10H2,1H3,(H,18,24)(H,19,25)(H,20,22)(H,21,23). The average molecular weight is 394 g/mol. The first-order chi connectivity index (χ1) is 13.3. The zero-order valence-electron chi connectivity index (χ0n) is 15.3. The van der Waals surface area contributed by atoms with Crippen LogP contribution in [0.1, 0.15) is 5.56 Å². The molecule has 1 rings (SSSR count).